The van der Waals surface area contributed by atoms with E-state index in [1.165, 1.54) is 24.3 Å². The lowest BCUT2D eigenvalue weighted by Crippen LogP contribution is -2.67. The fraction of sp³-hybridized carbons (Fsp3) is 0.638. The Labute approximate surface area is 363 Å². The van der Waals surface area contributed by atoms with Crippen molar-refractivity contribution in [3.05, 3.63) is 58.8 Å². The Morgan fingerprint density at radius 2 is 1.71 bits per heavy atom. The van der Waals surface area contributed by atoms with Gasteiger partial charge in [-0.25, -0.2) is 13.2 Å². The van der Waals surface area contributed by atoms with Crippen molar-refractivity contribution in [1.82, 2.24) is 10.1 Å². The molecule has 3 saturated carbocycles. The van der Waals surface area contributed by atoms with Gasteiger partial charge in [0.2, 0.25) is 5.91 Å². The summed E-state index contributed by atoms with van der Waals surface area (Å²) < 4.78 is 42.0. The van der Waals surface area contributed by atoms with E-state index < -0.39 is 65.7 Å². The number of likely N-dealkylation sites (tertiary alicyclic amines) is 1. The summed E-state index contributed by atoms with van der Waals surface area (Å²) in [5, 5.41) is 25.1. The van der Waals surface area contributed by atoms with Gasteiger partial charge in [0, 0.05) is 29.7 Å². The Kier molecular flexibility index (Phi) is 10.5. The molecule has 0 N–H and O–H groups in total. The van der Waals surface area contributed by atoms with Crippen molar-refractivity contribution in [1.29, 1.82) is 5.26 Å². The Hall–Kier alpha value is -4.84. The summed E-state index contributed by atoms with van der Waals surface area (Å²) in [6, 6.07) is 8.73. The molecule has 14 nitrogen and oxygen atoms in total. The molecule has 62 heavy (non-hydrogen) atoms. The van der Waals surface area contributed by atoms with Gasteiger partial charge in [-0.1, -0.05) is 78.3 Å². The third-order valence-corrected chi connectivity index (χ3v) is 18.4. The smallest absolute Gasteiger partial charge is 0.414 e. The molecule has 5 aliphatic carbocycles. The molecule has 0 bridgehead atoms. The molecule has 0 spiro atoms. The number of rotatable bonds is 9. The molecule has 332 valence electrons. The quantitative estimate of drug-likeness (QED) is 0.148. The molecule has 4 fully saturated rings. The van der Waals surface area contributed by atoms with Gasteiger partial charge in [0.25, 0.3) is 9.84 Å². The molecule has 6 aliphatic rings. The maximum Gasteiger partial charge on any atom is 0.414 e. The first-order chi connectivity index (χ1) is 29.1. The predicted octanol–water partition coefficient (Wildman–Crippen LogP) is 6.66. The van der Waals surface area contributed by atoms with E-state index in [2.05, 4.69) is 50.5 Å². The average Bonchev–Trinajstić information content (AvgIpc) is 3.87. The Balaban J connectivity index is 1.00. The van der Waals surface area contributed by atoms with Crippen LogP contribution in [0.5, 0.6) is 5.88 Å². The maximum absolute atomic E-state index is 15.3. The van der Waals surface area contributed by atoms with E-state index in [0.717, 1.165) is 24.8 Å². The van der Waals surface area contributed by atoms with Crippen molar-refractivity contribution in [2.45, 2.75) is 129 Å². The Morgan fingerprint density at radius 3 is 2.42 bits per heavy atom. The number of ether oxygens (including phenoxy) is 2. The van der Waals surface area contributed by atoms with Gasteiger partial charge in [0.05, 0.1) is 34.3 Å². The topological polar surface area (TPSA) is 201 Å². The van der Waals surface area contributed by atoms with E-state index in [4.69, 9.17) is 9.47 Å². The van der Waals surface area contributed by atoms with Crippen LogP contribution in [0.2, 0.25) is 0 Å². The molecule has 2 heterocycles. The highest BCUT2D eigenvalue weighted by molar-refractivity contribution is 7.91. The molecular formula is C47H58N4O10S. The van der Waals surface area contributed by atoms with Crippen molar-refractivity contribution in [2.24, 2.45) is 50.2 Å². The highest BCUT2D eigenvalue weighted by Crippen LogP contribution is 2.74. The normalized spacial score (nSPS) is 34.6. The number of benzene rings is 1. The molecular weight excluding hydrogens is 813 g/mol. The number of amides is 1. The monoisotopic (exact) mass is 870 g/mol. The van der Waals surface area contributed by atoms with E-state index in [1.54, 1.807) is 11.0 Å². The van der Waals surface area contributed by atoms with Gasteiger partial charge in [0.1, 0.15) is 12.1 Å². The summed E-state index contributed by atoms with van der Waals surface area (Å²) in [6.45, 7) is 15.1. The lowest BCUT2D eigenvalue weighted by atomic mass is 9.34. The highest BCUT2D eigenvalue weighted by atomic mass is 32.2. The number of carbonyl (C=O) groups is 4. The third kappa shape index (κ3) is 6.39. The fourth-order valence-corrected chi connectivity index (χ4v) is 14.6. The van der Waals surface area contributed by atoms with Gasteiger partial charge in [-0.3, -0.25) is 19.0 Å². The lowest BCUT2D eigenvalue weighted by molar-refractivity contribution is -0.832. The van der Waals surface area contributed by atoms with Crippen LogP contribution in [-0.4, -0.2) is 67.7 Å². The minimum Gasteiger partial charge on any atom is -0.464 e. The number of hydrogen-bond acceptors (Lipinski definition) is 12. The van der Waals surface area contributed by atoms with Crippen molar-refractivity contribution >= 4 is 33.3 Å². The number of sulfone groups is 1. The number of carbonyl (C=O) groups excluding carboxylic acids is 4. The first kappa shape index (κ1) is 43.8. The standard InChI is InChI=1S/C47H58N4O10S/c1-42(2)18-20-47(21-19-46(7)36(31(47)27-42)33(52)25-35-44(5)26-29(28-48)37(53)43(3,4)34(44)16-17-45(35,46)6)41(55)50-22-11-15-32(50)40(54)60-24-12-23-59-38-39(51(56)61-49-38)62(57,58)30-13-9-8-10-14-30/h8-10,13-14,25-26,31-32,34,36H,11-12,15-24,27H2,1-7H3/t31-,32-,34-,36-,44-,45+,46+,47-/m0/s1. The molecule has 8 rings (SSSR count). The number of fused-ring (bicyclic) bond motifs is 7. The van der Waals surface area contributed by atoms with Gasteiger partial charge in [-0.05, 0) is 109 Å². The molecule has 0 unspecified atom stereocenters. The molecule has 1 aromatic carbocycles. The van der Waals surface area contributed by atoms with Gasteiger partial charge >= 0.3 is 16.9 Å². The van der Waals surface area contributed by atoms with E-state index in [0.29, 0.717) is 45.1 Å². The van der Waals surface area contributed by atoms with E-state index in [1.807, 2.05) is 26.0 Å². The van der Waals surface area contributed by atoms with E-state index in [9.17, 15) is 28.5 Å². The summed E-state index contributed by atoms with van der Waals surface area (Å²) >= 11 is 0. The minimum atomic E-state index is -4.30. The number of esters is 1. The molecule has 0 radical (unpaired) electrons. The summed E-state index contributed by atoms with van der Waals surface area (Å²) in [7, 11) is -4.30. The van der Waals surface area contributed by atoms with Crippen LogP contribution in [0.15, 0.2) is 68.2 Å². The van der Waals surface area contributed by atoms with Gasteiger partial charge in [-0.15, -0.1) is 0 Å². The van der Waals surface area contributed by atoms with Crippen LogP contribution in [0.1, 0.15) is 113 Å². The van der Waals surface area contributed by atoms with Crippen LogP contribution in [-0.2, 0) is 33.8 Å². The summed E-state index contributed by atoms with van der Waals surface area (Å²) in [4.78, 5) is 58.9. The number of aromatic nitrogens is 2. The zero-order valence-corrected chi connectivity index (χ0v) is 37.6. The van der Waals surface area contributed by atoms with Crippen LogP contribution in [0.25, 0.3) is 0 Å². The first-order valence-electron chi connectivity index (χ1n) is 22.0. The number of allylic oxidation sites excluding steroid dienone is 4. The SMILES string of the molecule is CC1(C)CC[C@]2(C(=O)N3CCC[C@H]3C(=O)OCCCOc3no[n+]([O-])c3S(=O)(=O)c3ccccc3)CC[C@]3(C)[C@H](C(=O)C=C4[C@@]5(C)C=C(C#N)C(=O)C(C)(C)[C@@H]5CC[C@]43C)[C@@H]2C1. The molecule has 1 aromatic heterocycles. The van der Waals surface area contributed by atoms with Crippen LogP contribution < -0.4 is 9.64 Å². The largest absolute Gasteiger partial charge is 0.464 e. The second-order valence-corrected chi connectivity index (χ2v) is 22.7. The molecule has 1 saturated heterocycles. The molecule has 2 aromatic rings. The zero-order valence-electron chi connectivity index (χ0n) is 36.8. The van der Waals surface area contributed by atoms with E-state index >= 15 is 9.59 Å². The van der Waals surface area contributed by atoms with Crippen molar-refractivity contribution in [3.8, 4) is 11.9 Å². The number of nitriles is 1. The molecule has 8 atom stereocenters. The number of nitrogens with zero attached hydrogens (tertiary/aromatic N) is 4. The zero-order chi connectivity index (χ0) is 44.8. The molecule has 1 amide bonds. The minimum absolute atomic E-state index is 0.0168. The van der Waals surface area contributed by atoms with Crippen LogP contribution in [0, 0.1) is 66.8 Å². The second kappa shape index (κ2) is 14.9. The van der Waals surface area contributed by atoms with E-state index in [-0.39, 0.29) is 69.7 Å². The van der Waals surface area contributed by atoms with Gasteiger partial charge in [0.15, 0.2) is 11.6 Å². The number of Topliss-reactive ketones (excluding diaryl/α,β-unsaturated/α-hetero) is 1. The second-order valence-electron chi connectivity index (χ2n) is 20.8. The fourth-order valence-electron chi connectivity index (χ4n) is 13.3. The Morgan fingerprint density at radius 1 is 1.00 bits per heavy atom. The van der Waals surface area contributed by atoms with Crippen molar-refractivity contribution in [3.63, 3.8) is 0 Å². The Bertz CT molecular complexity index is 2430. The average molecular weight is 871 g/mol. The lowest BCUT2D eigenvalue weighted by Gasteiger charge is -2.69. The molecule has 1 aliphatic heterocycles. The first-order valence-corrected chi connectivity index (χ1v) is 23.5. The summed E-state index contributed by atoms with van der Waals surface area (Å²) in [6.07, 6.45) is 9.82. The van der Waals surface area contributed by atoms with Gasteiger partial charge in [-0.2, -0.15) is 5.26 Å². The number of hydrogen-bond donors (Lipinski definition) is 0. The summed E-state index contributed by atoms with van der Waals surface area (Å²) in [5.74, 6) is -2.00. The third-order valence-electron chi connectivity index (χ3n) is 16.7. The van der Waals surface area contributed by atoms with Crippen LogP contribution in [0.3, 0.4) is 0 Å². The highest BCUT2D eigenvalue weighted by Gasteiger charge is 2.71. The van der Waals surface area contributed by atoms with Gasteiger partial charge < -0.3 is 19.6 Å². The predicted molar refractivity (Wildman–Crippen MR) is 222 cm³/mol. The van der Waals surface area contributed by atoms with Crippen LogP contribution in [0.4, 0.5) is 0 Å². The maximum atomic E-state index is 15.3. The summed E-state index contributed by atoms with van der Waals surface area (Å²) in [5.41, 5.74) is -2.13. The molecule has 15 heteroatoms. The van der Waals surface area contributed by atoms with Crippen molar-refractivity contribution in [2.75, 3.05) is 19.8 Å². The van der Waals surface area contributed by atoms with Crippen molar-refractivity contribution < 1.29 is 46.6 Å². The number of ketones is 2. The van der Waals surface area contributed by atoms with Crippen LogP contribution >= 0.6 is 0 Å².